The van der Waals surface area contributed by atoms with Crippen LogP contribution in [0.3, 0.4) is 0 Å². The Kier molecular flexibility index (Phi) is 15.1. The Hall–Kier alpha value is -0.780. The molecular formula is C22H44. The third kappa shape index (κ3) is 8.01. The van der Waals surface area contributed by atoms with Gasteiger partial charge in [0.05, 0.1) is 0 Å². The average Bonchev–Trinajstić information content (AvgIpc) is 2.40. The average molecular weight is 309 g/mol. The number of benzene rings is 1. The molecule has 22 heavy (non-hydrogen) atoms. The van der Waals surface area contributed by atoms with E-state index in [0.29, 0.717) is 11.3 Å². The predicted octanol–water partition coefficient (Wildman–Crippen LogP) is 8.23. The standard InChI is InChI=1S/C16H26.C3H8.C2H6.CH4/c1-8-16(6,7)14(5)15-12(3)9-11(2)10-13(15)4;1-3-2;1-2;/h9-10,14H,8H2,1-7H3;3H2,1-2H3;1-2H3;1H4. The Balaban J connectivity index is -0.000000536. The summed E-state index contributed by atoms with van der Waals surface area (Å²) in [5, 5.41) is 0. The minimum atomic E-state index is 0. The van der Waals surface area contributed by atoms with Gasteiger partial charge in [-0.25, -0.2) is 0 Å². The largest absolute Gasteiger partial charge is 0.0776 e. The first-order valence-electron chi connectivity index (χ1n) is 8.78. The van der Waals surface area contributed by atoms with Gasteiger partial charge in [-0.05, 0) is 48.8 Å². The maximum atomic E-state index is 2.37. The van der Waals surface area contributed by atoms with Crippen molar-refractivity contribution in [2.75, 3.05) is 0 Å². The van der Waals surface area contributed by atoms with Gasteiger partial charge in [0, 0.05) is 0 Å². The van der Waals surface area contributed by atoms with Crippen molar-refractivity contribution in [3.05, 3.63) is 34.4 Å². The van der Waals surface area contributed by atoms with Crippen molar-refractivity contribution in [3.63, 3.8) is 0 Å². The SMILES string of the molecule is C.CC.CCC.CCC(C)(C)C(C)c1c(C)cc(C)cc1C. The summed E-state index contributed by atoms with van der Waals surface area (Å²) in [6.07, 6.45) is 2.47. The maximum Gasteiger partial charge on any atom is -0.0134 e. The van der Waals surface area contributed by atoms with Crippen molar-refractivity contribution in [1.29, 1.82) is 0 Å². The van der Waals surface area contributed by atoms with Crippen LogP contribution in [0.4, 0.5) is 0 Å². The Morgan fingerprint density at radius 3 is 1.50 bits per heavy atom. The zero-order valence-corrected chi connectivity index (χ0v) is 16.6. The minimum Gasteiger partial charge on any atom is -0.0776 e. The highest BCUT2D eigenvalue weighted by Gasteiger charge is 2.27. The van der Waals surface area contributed by atoms with Gasteiger partial charge < -0.3 is 0 Å². The van der Waals surface area contributed by atoms with Crippen molar-refractivity contribution in [2.45, 2.75) is 102 Å². The lowest BCUT2D eigenvalue weighted by Crippen LogP contribution is -2.20. The van der Waals surface area contributed by atoms with Gasteiger partial charge in [-0.3, -0.25) is 0 Å². The quantitative estimate of drug-likeness (QED) is 0.527. The Morgan fingerprint density at radius 1 is 0.909 bits per heavy atom. The van der Waals surface area contributed by atoms with Gasteiger partial charge >= 0.3 is 0 Å². The highest BCUT2D eigenvalue weighted by atomic mass is 14.3. The van der Waals surface area contributed by atoms with Crippen LogP contribution in [-0.4, -0.2) is 0 Å². The van der Waals surface area contributed by atoms with Crippen LogP contribution in [0.5, 0.6) is 0 Å². The number of aryl methyl sites for hydroxylation is 3. The molecule has 0 aliphatic rings. The smallest absolute Gasteiger partial charge is 0.0134 e. The van der Waals surface area contributed by atoms with E-state index in [1.165, 1.54) is 29.5 Å². The predicted molar refractivity (Wildman–Crippen MR) is 107 cm³/mol. The fourth-order valence-corrected chi connectivity index (χ4v) is 2.57. The van der Waals surface area contributed by atoms with Crippen molar-refractivity contribution in [3.8, 4) is 0 Å². The van der Waals surface area contributed by atoms with Crippen molar-refractivity contribution >= 4 is 0 Å². The van der Waals surface area contributed by atoms with Gasteiger partial charge in [0.15, 0.2) is 0 Å². The Morgan fingerprint density at radius 2 is 1.23 bits per heavy atom. The minimum absolute atomic E-state index is 0. The van der Waals surface area contributed by atoms with E-state index < -0.39 is 0 Å². The van der Waals surface area contributed by atoms with Gasteiger partial charge in [0.25, 0.3) is 0 Å². The fraction of sp³-hybridized carbons (Fsp3) is 0.727. The molecule has 1 aromatic carbocycles. The summed E-state index contributed by atoms with van der Waals surface area (Å²) in [6.45, 7) is 24.3. The van der Waals surface area contributed by atoms with Gasteiger partial charge in [-0.2, -0.15) is 0 Å². The number of rotatable bonds is 3. The lowest BCUT2D eigenvalue weighted by atomic mass is 9.72. The molecule has 0 heterocycles. The summed E-state index contributed by atoms with van der Waals surface area (Å²) >= 11 is 0. The molecular weight excluding hydrogens is 264 g/mol. The Labute approximate surface area is 142 Å². The van der Waals surface area contributed by atoms with E-state index >= 15 is 0 Å². The van der Waals surface area contributed by atoms with Crippen LogP contribution in [0.1, 0.15) is 104 Å². The fourth-order valence-electron chi connectivity index (χ4n) is 2.57. The molecule has 1 unspecified atom stereocenters. The molecule has 132 valence electrons. The second kappa shape index (κ2) is 12.7. The normalized spacial score (nSPS) is 11.2. The van der Waals surface area contributed by atoms with E-state index in [9.17, 15) is 0 Å². The van der Waals surface area contributed by atoms with Crippen LogP contribution in [0.2, 0.25) is 0 Å². The molecule has 1 rings (SSSR count). The van der Waals surface area contributed by atoms with E-state index in [0.717, 1.165) is 0 Å². The summed E-state index contributed by atoms with van der Waals surface area (Å²) in [5.41, 5.74) is 6.21. The van der Waals surface area contributed by atoms with Crippen LogP contribution in [-0.2, 0) is 0 Å². The third-order valence-electron chi connectivity index (χ3n) is 4.25. The summed E-state index contributed by atoms with van der Waals surface area (Å²) < 4.78 is 0. The van der Waals surface area contributed by atoms with Gasteiger partial charge in [0.1, 0.15) is 0 Å². The first kappa shape index (κ1) is 26.1. The van der Waals surface area contributed by atoms with Gasteiger partial charge in [-0.15, -0.1) is 0 Å². The topological polar surface area (TPSA) is 0 Å². The second-order valence-corrected chi connectivity index (χ2v) is 6.58. The lowest BCUT2D eigenvalue weighted by molar-refractivity contribution is 0.287. The summed E-state index contributed by atoms with van der Waals surface area (Å²) in [5.74, 6) is 0.623. The molecule has 0 radical (unpaired) electrons. The molecule has 0 saturated heterocycles. The second-order valence-electron chi connectivity index (χ2n) is 6.58. The van der Waals surface area contributed by atoms with E-state index in [-0.39, 0.29) is 7.43 Å². The molecule has 1 atom stereocenters. The highest BCUT2D eigenvalue weighted by molar-refractivity contribution is 5.40. The molecule has 0 N–H and O–H groups in total. The highest BCUT2D eigenvalue weighted by Crippen LogP contribution is 2.40. The molecule has 0 spiro atoms. The monoisotopic (exact) mass is 308 g/mol. The first-order chi connectivity index (χ1) is 9.71. The van der Waals surface area contributed by atoms with Gasteiger partial charge in [0.2, 0.25) is 0 Å². The van der Waals surface area contributed by atoms with E-state index in [1.54, 1.807) is 5.56 Å². The lowest BCUT2D eigenvalue weighted by Gasteiger charge is -2.33. The molecule has 0 aliphatic carbocycles. The van der Waals surface area contributed by atoms with E-state index in [4.69, 9.17) is 0 Å². The van der Waals surface area contributed by atoms with Crippen LogP contribution < -0.4 is 0 Å². The Bertz CT molecular complexity index is 362. The molecule has 0 bridgehead atoms. The van der Waals surface area contributed by atoms with Crippen molar-refractivity contribution in [1.82, 2.24) is 0 Å². The van der Waals surface area contributed by atoms with Crippen LogP contribution >= 0.6 is 0 Å². The summed E-state index contributed by atoms with van der Waals surface area (Å²) in [7, 11) is 0. The third-order valence-corrected chi connectivity index (χ3v) is 4.25. The van der Waals surface area contributed by atoms with Crippen LogP contribution in [0, 0.1) is 26.2 Å². The van der Waals surface area contributed by atoms with Crippen LogP contribution in [0.15, 0.2) is 12.1 Å². The zero-order valence-electron chi connectivity index (χ0n) is 16.6. The molecule has 0 aliphatic heterocycles. The zero-order chi connectivity index (χ0) is 17.2. The van der Waals surface area contributed by atoms with Gasteiger partial charge in [-0.1, -0.05) is 93.4 Å². The van der Waals surface area contributed by atoms with E-state index in [2.05, 4.69) is 74.4 Å². The van der Waals surface area contributed by atoms with Crippen molar-refractivity contribution in [2.24, 2.45) is 5.41 Å². The molecule has 0 heteroatoms. The summed E-state index contributed by atoms with van der Waals surface area (Å²) in [6, 6.07) is 4.62. The molecule has 0 aromatic heterocycles. The summed E-state index contributed by atoms with van der Waals surface area (Å²) in [4.78, 5) is 0. The first-order valence-corrected chi connectivity index (χ1v) is 8.78. The molecule has 1 aromatic rings. The molecule has 0 nitrogen and oxygen atoms in total. The molecule has 0 saturated carbocycles. The van der Waals surface area contributed by atoms with E-state index in [1.807, 2.05) is 13.8 Å². The van der Waals surface area contributed by atoms with Crippen molar-refractivity contribution < 1.29 is 0 Å². The number of hydrogen-bond acceptors (Lipinski definition) is 0. The number of hydrogen-bond donors (Lipinski definition) is 0. The maximum absolute atomic E-state index is 2.37. The van der Waals surface area contributed by atoms with Crippen LogP contribution in [0.25, 0.3) is 0 Å². The molecule has 0 fully saturated rings. The molecule has 0 amide bonds.